The SMILES string of the molecule is N#[C][Fe-4]([C]#N)([C]#N)([C]#N)([C]#N)[C]#N.[Al].[Cl-].[K+].[K+].[K+].[K+].[K+]. The first kappa shape index (κ1) is 50.3. The normalized spacial score (nSPS) is 8.70. The molecule has 0 aromatic rings. The molecule has 0 aliphatic rings. The molecule has 0 N–H and O–H groups in total. The van der Waals surface area contributed by atoms with Gasteiger partial charge in [0.05, 0.1) is 0 Å². The second-order valence-corrected chi connectivity index (χ2v) is 7.42. The molecule has 0 aliphatic heterocycles. The summed E-state index contributed by atoms with van der Waals surface area (Å²) in [6, 6.07) is 0. The molecule has 77 valence electrons. The van der Waals surface area contributed by atoms with Gasteiger partial charge in [0.1, 0.15) is 0 Å². The monoisotopic (exact) mass is 469 g/mol. The van der Waals surface area contributed by atoms with Crippen LogP contribution in [0.1, 0.15) is 0 Å². The summed E-state index contributed by atoms with van der Waals surface area (Å²) in [5, 5.41) is 51.5. The van der Waals surface area contributed by atoms with Crippen molar-refractivity contribution in [2.75, 3.05) is 0 Å². The van der Waals surface area contributed by atoms with Crippen LogP contribution in [0.2, 0.25) is 0 Å². The molecule has 0 atom stereocenters. The van der Waals surface area contributed by atoms with Gasteiger partial charge in [-0.05, 0) is 0 Å². The van der Waals surface area contributed by atoms with E-state index in [1.165, 1.54) is 0 Å². The van der Waals surface area contributed by atoms with Gasteiger partial charge in [0.25, 0.3) is 0 Å². The van der Waals surface area contributed by atoms with Crippen molar-refractivity contribution in [1.82, 2.24) is 0 Å². The van der Waals surface area contributed by atoms with E-state index in [1.54, 1.807) is 0 Å². The summed E-state index contributed by atoms with van der Waals surface area (Å²) in [7, 11) is -6.17. The average molecular weight is 470 g/mol. The Morgan fingerprint density at radius 2 is 0.550 bits per heavy atom. The molecular weight excluding hydrogens is 470 g/mol. The van der Waals surface area contributed by atoms with Crippen LogP contribution in [0.4, 0.5) is 0 Å². The van der Waals surface area contributed by atoms with E-state index in [0.29, 0.717) is 0 Å². The largest absolute Gasteiger partial charge is 1.00 e. The van der Waals surface area contributed by atoms with Gasteiger partial charge in [0.15, 0.2) is 0 Å². The van der Waals surface area contributed by atoms with Crippen molar-refractivity contribution >= 4 is 17.4 Å². The van der Waals surface area contributed by atoms with Crippen LogP contribution in [0.25, 0.3) is 0 Å². The molecule has 6 nitrogen and oxygen atoms in total. The molecule has 20 heavy (non-hydrogen) atoms. The molecule has 3 radical (unpaired) electrons. The molecule has 0 aliphatic carbocycles. The number of halogens is 1. The molecule has 0 saturated carbocycles. The van der Waals surface area contributed by atoms with E-state index in [9.17, 15) is 0 Å². The summed E-state index contributed by atoms with van der Waals surface area (Å²) in [4.78, 5) is 6.19. The maximum Gasteiger partial charge on any atom is 1.00 e. The van der Waals surface area contributed by atoms with Crippen LogP contribution < -0.4 is 269 Å². The molecule has 0 saturated heterocycles. The van der Waals surface area contributed by atoms with Crippen molar-refractivity contribution in [2.24, 2.45) is 0 Å². The van der Waals surface area contributed by atoms with Gasteiger partial charge in [-0.1, -0.05) is 0 Å². The van der Waals surface area contributed by atoms with E-state index in [1.807, 2.05) is 0 Å². The van der Waals surface area contributed by atoms with Gasteiger partial charge in [-0.15, -0.1) is 0 Å². The third-order valence-electron chi connectivity index (χ3n) is 1.19. The first-order valence-electron chi connectivity index (χ1n) is 2.40. The topological polar surface area (TPSA) is 143 Å². The number of hydrogen-bond acceptors (Lipinski definition) is 6. The van der Waals surface area contributed by atoms with Crippen LogP contribution >= 0.6 is 0 Å². The van der Waals surface area contributed by atoms with Crippen LogP contribution in [-0.4, -0.2) is 17.4 Å². The van der Waals surface area contributed by atoms with Crippen LogP contribution in [0, 0.1) is 61.4 Å². The molecule has 0 amide bonds. The molecule has 0 bridgehead atoms. The van der Waals surface area contributed by atoms with Crippen LogP contribution in [0.15, 0.2) is 0 Å². The zero-order chi connectivity index (χ0) is 10.7. The number of hydrogen-bond donors (Lipinski definition) is 0. The van der Waals surface area contributed by atoms with Gasteiger partial charge in [0.2, 0.25) is 0 Å². The van der Waals surface area contributed by atoms with Crippen molar-refractivity contribution < 1.29 is 280 Å². The molecule has 0 unspecified atom stereocenters. The Balaban J connectivity index is -0.0000000343. The van der Waals surface area contributed by atoms with Gasteiger partial charge < -0.3 is 12.4 Å². The smallest absolute Gasteiger partial charge is 1.00 e. The molecule has 0 spiro atoms. The van der Waals surface area contributed by atoms with Gasteiger partial charge in [0, 0.05) is 17.4 Å². The van der Waals surface area contributed by atoms with Gasteiger partial charge >= 0.3 is 329 Å². The number of nitrogens with zero attached hydrogens (tertiary/aromatic N) is 6. The van der Waals surface area contributed by atoms with Crippen molar-refractivity contribution in [3.8, 4) is 29.8 Å². The Kier molecular flexibility index (Phi) is 50.8. The van der Waals surface area contributed by atoms with E-state index in [4.69, 9.17) is 31.6 Å². The summed E-state index contributed by atoms with van der Waals surface area (Å²) >= 11 is 0. The fraction of sp³-hybridized carbons (Fsp3) is 0. The summed E-state index contributed by atoms with van der Waals surface area (Å²) in [5.41, 5.74) is 0. The second-order valence-electron chi connectivity index (χ2n) is 1.80. The fourth-order valence-electron chi connectivity index (χ4n) is 0.265. The van der Waals surface area contributed by atoms with Crippen LogP contribution in [0.5, 0.6) is 0 Å². The van der Waals surface area contributed by atoms with E-state index in [2.05, 4.69) is 0 Å². The standard InChI is InChI=1S/6CN.Al.ClH.Fe.5K/c6*1-2;;;;;;;;/h;;;;;;;1H;;;;;;/q;;;;;;;;-4;5*+1/p-1. The maximum atomic E-state index is 8.58. The maximum absolute atomic E-state index is 8.58. The van der Waals surface area contributed by atoms with Gasteiger partial charge in [-0.3, -0.25) is 0 Å². The van der Waals surface area contributed by atoms with Crippen LogP contribution in [0.3, 0.4) is 0 Å². The zero-order valence-electron chi connectivity index (χ0n) is 12.0. The Morgan fingerprint density at radius 1 is 0.450 bits per heavy atom. The van der Waals surface area contributed by atoms with Crippen molar-refractivity contribution in [3.63, 3.8) is 0 Å². The summed E-state index contributed by atoms with van der Waals surface area (Å²) in [6.07, 6.45) is 0. The third kappa shape index (κ3) is 10.1. The van der Waals surface area contributed by atoms with Crippen molar-refractivity contribution in [3.05, 3.63) is 0 Å². The van der Waals surface area contributed by atoms with Crippen molar-refractivity contribution in [1.29, 1.82) is 31.6 Å². The van der Waals surface area contributed by atoms with E-state index in [-0.39, 0.29) is 287 Å². The number of rotatable bonds is 0. The molecule has 0 aromatic carbocycles. The molecule has 0 heterocycles. The number of nitriles is 6. The van der Waals surface area contributed by atoms with Crippen LogP contribution in [-0.2, 0) is 10.7 Å². The predicted octanol–water partition coefficient (Wildman–Crippen LogP) is -18.3. The molecule has 0 fully saturated rings. The molecule has 0 aromatic heterocycles. The van der Waals surface area contributed by atoms with E-state index >= 15 is 0 Å². The summed E-state index contributed by atoms with van der Waals surface area (Å²) in [5.74, 6) is 0. The quantitative estimate of drug-likeness (QED) is 0.322. The Morgan fingerprint density at radius 3 is 0.550 bits per heavy atom. The Hall–Kier alpha value is 6.46. The first-order valence-corrected chi connectivity index (χ1v) is 5.71. The predicted molar refractivity (Wildman–Crippen MR) is 39.4 cm³/mol. The van der Waals surface area contributed by atoms with Gasteiger partial charge in [-0.25, -0.2) is 0 Å². The van der Waals surface area contributed by atoms with Gasteiger partial charge in [-0.2, -0.15) is 0 Å². The van der Waals surface area contributed by atoms with E-state index in [0.717, 1.165) is 29.8 Å². The molecule has 0 rings (SSSR count). The third-order valence-corrected chi connectivity index (χ3v) is 4.89. The second kappa shape index (κ2) is 20.2. The fourth-order valence-corrected chi connectivity index (χ4v) is 1.09. The molecular formula is C6AlClFeK5N6. The van der Waals surface area contributed by atoms with Crippen molar-refractivity contribution in [2.45, 2.75) is 0 Å². The Labute approximate surface area is 346 Å². The minimum Gasteiger partial charge on any atom is -1.00 e. The Bertz CT molecular complexity index is 414. The first-order chi connectivity index (χ1) is 5.97. The minimum atomic E-state index is -6.17. The summed E-state index contributed by atoms with van der Waals surface area (Å²) in [6.45, 7) is 0. The molecule has 14 heteroatoms. The average Bonchev–Trinajstić information content (AvgIpc) is 2.26. The minimum absolute atomic E-state index is 0. The zero-order valence-corrected chi connectivity index (χ0v) is 30.6. The van der Waals surface area contributed by atoms with E-state index < -0.39 is 10.7 Å². The summed E-state index contributed by atoms with van der Waals surface area (Å²) < 4.78 is 0.